The van der Waals surface area contributed by atoms with Crippen molar-refractivity contribution < 1.29 is 58.8 Å². The third-order valence-electron chi connectivity index (χ3n) is 21.0. The summed E-state index contributed by atoms with van der Waals surface area (Å²) in [7, 11) is -3.27. The SMILES string of the molecule is CC(C)(C)c1ccc(OP)c(C(C)(C)C)c1.CCCCCCCCCCCCCCCCCCOP1OCC2(CO1)COP(OCCCCCCCCCCCCCCCCCC)OC2.Cc1cc(C(C)(C)C)c(OP2OCC3(CO2)COP(Oc2c(C(C)(C)C)cc(C)cc2C(C)(C)C)OC3)c(C(C)(C)C)c1. The van der Waals surface area contributed by atoms with Crippen molar-refractivity contribution in [2.75, 3.05) is 66.1 Å². The maximum atomic E-state index is 6.58. The molecule has 13 nitrogen and oxygen atoms in total. The van der Waals surface area contributed by atoms with E-state index in [0.717, 1.165) is 43.3 Å². The molecule has 3 aromatic rings. The number of hydrogen-bond donors (Lipinski definition) is 0. The molecule has 4 saturated heterocycles. The minimum absolute atomic E-state index is 0.0902. The second-order valence-electron chi connectivity index (χ2n) is 38.2. The number of unbranched alkanes of at least 4 members (excludes halogenated alkanes) is 30. The molecule has 0 aromatic heterocycles. The number of rotatable bonds is 41. The van der Waals surface area contributed by atoms with Gasteiger partial charge in [-0.15, -0.1) is 0 Å². The van der Waals surface area contributed by atoms with Crippen LogP contribution in [0.4, 0.5) is 0 Å². The second-order valence-corrected chi connectivity index (χ2v) is 43.2. The molecular formula is C90H159O13P5. The first-order valence-electron chi connectivity index (χ1n) is 42.7. The van der Waals surface area contributed by atoms with Crippen molar-refractivity contribution >= 4 is 43.9 Å². The van der Waals surface area contributed by atoms with Gasteiger partial charge >= 0.3 is 34.4 Å². The summed E-state index contributed by atoms with van der Waals surface area (Å²) in [5.74, 6) is 2.71. The van der Waals surface area contributed by atoms with Crippen LogP contribution < -0.4 is 13.6 Å². The van der Waals surface area contributed by atoms with Crippen LogP contribution in [0.3, 0.4) is 0 Å². The van der Waals surface area contributed by atoms with Crippen molar-refractivity contribution in [3.05, 3.63) is 87.0 Å². The number of aryl methyl sites for hydroxylation is 2. The van der Waals surface area contributed by atoms with E-state index in [2.05, 4.69) is 204 Å². The van der Waals surface area contributed by atoms with Crippen LogP contribution in [0.2, 0.25) is 0 Å². The van der Waals surface area contributed by atoms with Crippen molar-refractivity contribution in [1.29, 1.82) is 0 Å². The zero-order chi connectivity index (χ0) is 79.5. The summed E-state index contributed by atoms with van der Waals surface area (Å²) in [6.07, 6.45) is 44.1. The Labute approximate surface area is 670 Å². The zero-order valence-electron chi connectivity index (χ0n) is 72.9. The largest absolute Gasteiger partial charge is 0.480 e. The Balaban J connectivity index is 0.000000323. The van der Waals surface area contributed by atoms with Gasteiger partial charge in [0.1, 0.15) is 17.2 Å². The molecule has 0 saturated carbocycles. The van der Waals surface area contributed by atoms with E-state index in [1.165, 1.54) is 237 Å². The average Bonchev–Trinajstić information content (AvgIpc) is 0.775. The molecule has 0 aliphatic carbocycles. The van der Waals surface area contributed by atoms with Gasteiger partial charge in [0.15, 0.2) is 0 Å². The fraction of sp³-hybridized carbons (Fsp3) is 0.800. The summed E-state index contributed by atoms with van der Waals surface area (Å²) in [4.78, 5) is 0. The van der Waals surface area contributed by atoms with Crippen LogP contribution in [-0.4, -0.2) is 66.1 Å². The molecule has 2 spiro atoms. The van der Waals surface area contributed by atoms with Crippen molar-refractivity contribution in [3.63, 3.8) is 0 Å². The molecule has 4 aliphatic heterocycles. The highest BCUT2D eigenvalue weighted by molar-refractivity contribution is 7.43. The van der Waals surface area contributed by atoms with Crippen LogP contribution in [0.25, 0.3) is 0 Å². The lowest BCUT2D eigenvalue weighted by Gasteiger charge is -2.42. The van der Waals surface area contributed by atoms with Crippen LogP contribution in [0, 0.1) is 24.7 Å². The highest BCUT2D eigenvalue weighted by Gasteiger charge is 2.47. The summed E-state index contributed by atoms with van der Waals surface area (Å²) in [5, 5.41) is 0. The van der Waals surface area contributed by atoms with Gasteiger partial charge in [-0.25, -0.2) is 0 Å². The molecule has 4 heterocycles. The van der Waals surface area contributed by atoms with Gasteiger partial charge in [0.2, 0.25) is 0 Å². The quantitative estimate of drug-likeness (QED) is 0.0396. The Morgan fingerprint density at radius 2 is 0.537 bits per heavy atom. The van der Waals surface area contributed by atoms with Gasteiger partial charge in [-0.2, -0.15) is 0 Å². The van der Waals surface area contributed by atoms with Crippen LogP contribution in [0.1, 0.15) is 388 Å². The molecule has 4 aliphatic rings. The van der Waals surface area contributed by atoms with Gasteiger partial charge in [0.25, 0.3) is 0 Å². The average molecular weight is 1600 g/mol. The molecule has 7 rings (SSSR count). The first-order valence-corrected chi connectivity index (χ1v) is 47.6. The molecule has 108 heavy (non-hydrogen) atoms. The van der Waals surface area contributed by atoms with Gasteiger partial charge in [-0.05, 0) is 70.8 Å². The maximum absolute atomic E-state index is 6.58. The van der Waals surface area contributed by atoms with Gasteiger partial charge in [-0.3, -0.25) is 0 Å². The predicted octanol–water partition coefficient (Wildman–Crippen LogP) is 30.0. The Bertz CT molecular complexity index is 2670. The van der Waals surface area contributed by atoms with E-state index >= 15 is 0 Å². The van der Waals surface area contributed by atoms with Crippen molar-refractivity contribution in [1.82, 2.24) is 0 Å². The van der Waals surface area contributed by atoms with Gasteiger partial charge in [0.05, 0.1) is 86.4 Å². The molecule has 0 bridgehead atoms. The molecule has 0 radical (unpaired) electrons. The van der Waals surface area contributed by atoms with E-state index in [4.69, 9.17) is 58.8 Å². The van der Waals surface area contributed by atoms with E-state index < -0.39 is 39.8 Å². The van der Waals surface area contributed by atoms with E-state index in [1.807, 2.05) is 0 Å². The summed E-state index contributed by atoms with van der Waals surface area (Å²) in [6, 6.07) is 15.4. The van der Waals surface area contributed by atoms with Crippen LogP contribution in [-0.2, 0) is 77.7 Å². The molecular weight excluding hydrogens is 1440 g/mol. The third-order valence-corrected chi connectivity index (χ3v) is 25.4. The molecule has 4 fully saturated rings. The minimum Gasteiger partial charge on any atom is -0.480 e. The van der Waals surface area contributed by atoms with Crippen LogP contribution >= 0.6 is 43.9 Å². The first-order chi connectivity index (χ1) is 51.0. The minimum atomic E-state index is -1.56. The lowest BCUT2D eigenvalue weighted by molar-refractivity contribution is -0.0761. The summed E-state index contributed by atoms with van der Waals surface area (Å²) in [6.45, 7) is 54.3. The molecule has 0 N–H and O–H groups in total. The van der Waals surface area contributed by atoms with E-state index in [1.54, 1.807) is 0 Å². The third kappa shape index (κ3) is 36.5. The summed E-state index contributed by atoms with van der Waals surface area (Å²) in [5.41, 5.74) is 9.02. The smallest absolute Gasteiger partial charge is 0.397 e. The molecule has 0 amide bonds. The Hall–Kier alpha value is -1.19. The molecule has 1 unspecified atom stereocenters. The topological polar surface area (TPSA) is 120 Å². The lowest BCUT2D eigenvalue weighted by atomic mass is 9.78. The van der Waals surface area contributed by atoms with E-state index in [0.29, 0.717) is 52.9 Å². The molecule has 18 heteroatoms. The second kappa shape index (κ2) is 49.1. The van der Waals surface area contributed by atoms with Crippen molar-refractivity contribution in [3.8, 4) is 17.2 Å². The number of hydrogen-bond acceptors (Lipinski definition) is 13. The first kappa shape index (κ1) is 97.4. The van der Waals surface area contributed by atoms with Crippen LogP contribution in [0.15, 0.2) is 42.5 Å². The fourth-order valence-corrected chi connectivity index (χ4v) is 19.1. The number of benzene rings is 3. The highest BCUT2D eigenvalue weighted by Crippen LogP contribution is 2.58. The molecule has 622 valence electrons. The Morgan fingerprint density at radius 1 is 0.306 bits per heavy atom. The van der Waals surface area contributed by atoms with Gasteiger partial charge in [-0.1, -0.05) is 379 Å². The Morgan fingerprint density at radius 3 is 0.759 bits per heavy atom. The van der Waals surface area contributed by atoms with Crippen LogP contribution in [0.5, 0.6) is 17.2 Å². The maximum Gasteiger partial charge on any atom is 0.397 e. The fourth-order valence-electron chi connectivity index (χ4n) is 13.8. The van der Waals surface area contributed by atoms with E-state index in [-0.39, 0.29) is 37.9 Å². The summed E-state index contributed by atoms with van der Waals surface area (Å²) >= 11 is 0. The zero-order valence-corrected chi connectivity index (χ0v) is 77.6. The highest BCUT2D eigenvalue weighted by atomic mass is 31.2. The monoisotopic (exact) mass is 1600 g/mol. The van der Waals surface area contributed by atoms with Crippen molar-refractivity contribution in [2.24, 2.45) is 10.8 Å². The van der Waals surface area contributed by atoms with Crippen molar-refractivity contribution in [2.45, 2.75) is 390 Å². The standard InChI is InChI=1S/C41H82O6P2.C35H54O6P2.C14H23OP/c1-3-5-7-9-11-13-15-17-19-21-23-25-27-29-31-33-35-42-48-44-37-41(38-45-48)39-46-49(47-40-41)43-36-34-32-30-28-26-24-22-20-18-16-14-12-10-8-6-4-2;1-23-15-25(31(3,4)5)29(26(16-23)32(6,7)8)40-42-36-19-35(20-37-42)21-38-43(39-22-35)41-30-27(33(9,10)11)17-24(2)18-28(30)34(12,13)14;1-13(2,3)10-7-8-12(15-16)11(9-10)14(4,5)6/h3-40H2,1-2H3;15-18H,19-22H2,1-14H3;7-9H,16H2,1-6H3. The van der Waals surface area contributed by atoms with Gasteiger partial charge in [0, 0.05) is 27.8 Å². The molecule has 1 atom stereocenters. The molecule has 3 aromatic carbocycles. The normalized spacial score (nSPS) is 21.0. The predicted molar refractivity (Wildman–Crippen MR) is 464 cm³/mol. The summed E-state index contributed by atoms with van der Waals surface area (Å²) < 4.78 is 79.2. The lowest BCUT2D eigenvalue weighted by Crippen LogP contribution is -2.45. The van der Waals surface area contributed by atoms with E-state index in [9.17, 15) is 0 Å². The van der Waals surface area contributed by atoms with Gasteiger partial charge < -0.3 is 58.8 Å². The Kier molecular flexibility index (Phi) is 44.3.